The molecule has 0 saturated heterocycles. The summed E-state index contributed by atoms with van der Waals surface area (Å²) in [5.41, 5.74) is 7.45. The number of rotatable bonds is 7. The van der Waals surface area contributed by atoms with Gasteiger partial charge in [0, 0.05) is 38.9 Å². The fourth-order valence-corrected chi connectivity index (χ4v) is 1.65. The maximum Gasteiger partial charge on any atom is 0.222 e. The van der Waals surface area contributed by atoms with Crippen molar-refractivity contribution < 1.29 is 9.53 Å². The number of amides is 1. The maximum absolute atomic E-state index is 11.8. The Balaban J connectivity index is 2.33. The van der Waals surface area contributed by atoms with Crippen LogP contribution in [0.2, 0.25) is 0 Å². The van der Waals surface area contributed by atoms with Crippen LogP contribution in [0.4, 0.5) is 5.69 Å². The van der Waals surface area contributed by atoms with E-state index >= 15 is 0 Å². The Bertz CT molecular complexity index is 363. The Labute approximate surface area is 109 Å². The standard InChI is InChI=1S/C14H22N2O2/c1-3-18-10-4-5-14(17)16(2)11-12-6-8-13(15)9-7-12/h6-9H,3-5,10-11,15H2,1-2H3. The van der Waals surface area contributed by atoms with E-state index < -0.39 is 0 Å². The van der Waals surface area contributed by atoms with Crippen LogP contribution in [0.25, 0.3) is 0 Å². The van der Waals surface area contributed by atoms with Crippen molar-refractivity contribution in [1.82, 2.24) is 4.90 Å². The first-order valence-electron chi connectivity index (χ1n) is 6.29. The Kier molecular flexibility index (Phi) is 6.22. The lowest BCUT2D eigenvalue weighted by Gasteiger charge is -2.17. The summed E-state index contributed by atoms with van der Waals surface area (Å²) in [4.78, 5) is 13.6. The highest BCUT2D eigenvalue weighted by molar-refractivity contribution is 5.75. The predicted molar refractivity (Wildman–Crippen MR) is 73.1 cm³/mol. The zero-order valence-electron chi connectivity index (χ0n) is 11.2. The van der Waals surface area contributed by atoms with Crippen molar-refractivity contribution >= 4 is 11.6 Å². The zero-order chi connectivity index (χ0) is 13.4. The molecule has 0 aliphatic heterocycles. The number of carbonyl (C=O) groups is 1. The van der Waals surface area contributed by atoms with E-state index in [-0.39, 0.29) is 5.91 Å². The van der Waals surface area contributed by atoms with E-state index in [0.717, 1.165) is 17.7 Å². The molecule has 1 amide bonds. The second-order valence-electron chi connectivity index (χ2n) is 4.29. The number of nitrogen functional groups attached to an aromatic ring is 1. The highest BCUT2D eigenvalue weighted by atomic mass is 16.5. The molecule has 0 atom stereocenters. The van der Waals surface area contributed by atoms with Gasteiger partial charge in [0.05, 0.1) is 0 Å². The molecular weight excluding hydrogens is 228 g/mol. The number of nitrogens with zero attached hydrogens (tertiary/aromatic N) is 1. The molecule has 0 aliphatic carbocycles. The monoisotopic (exact) mass is 250 g/mol. The summed E-state index contributed by atoms with van der Waals surface area (Å²) >= 11 is 0. The minimum Gasteiger partial charge on any atom is -0.399 e. The van der Waals surface area contributed by atoms with Crippen molar-refractivity contribution in [2.45, 2.75) is 26.3 Å². The number of anilines is 1. The van der Waals surface area contributed by atoms with Crippen LogP contribution in [0.1, 0.15) is 25.3 Å². The fraction of sp³-hybridized carbons (Fsp3) is 0.500. The fourth-order valence-electron chi connectivity index (χ4n) is 1.65. The van der Waals surface area contributed by atoms with Crippen molar-refractivity contribution in [3.05, 3.63) is 29.8 Å². The zero-order valence-corrected chi connectivity index (χ0v) is 11.2. The lowest BCUT2D eigenvalue weighted by Crippen LogP contribution is -2.26. The average molecular weight is 250 g/mol. The van der Waals surface area contributed by atoms with Gasteiger partial charge in [-0.1, -0.05) is 12.1 Å². The first-order chi connectivity index (χ1) is 8.63. The van der Waals surface area contributed by atoms with Gasteiger partial charge in [0.25, 0.3) is 0 Å². The van der Waals surface area contributed by atoms with E-state index in [2.05, 4.69) is 0 Å². The highest BCUT2D eigenvalue weighted by Gasteiger charge is 2.08. The van der Waals surface area contributed by atoms with E-state index in [4.69, 9.17) is 10.5 Å². The Morgan fingerprint density at radius 1 is 1.33 bits per heavy atom. The summed E-state index contributed by atoms with van der Waals surface area (Å²) in [5, 5.41) is 0. The molecule has 0 fully saturated rings. The van der Waals surface area contributed by atoms with Crippen LogP contribution in [0.5, 0.6) is 0 Å². The summed E-state index contributed by atoms with van der Waals surface area (Å²) in [7, 11) is 1.82. The van der Waals surface area contributed by atoms with E-state index in [1.165, 1.54) is 0 Å². The Morgan fingerprint density at radius 2 is 2.00 bits per heavy atom. The third-order valence-corrected chi connectivity index (χ3v) is 2.71. The molecule has 18 heavy (non-hydrogen) atoms. The average Bonchev–Trinajstić information content (AvgIpc) is 2.37. The van der Waals surface area contributed by atoms with Crippen molar-refractivity contribution in [3.8, 4) is 0 Å². The van der Waals surface area contributed by atoms with Crippen LogP contribution >= 0.6 is 0 Å². The van der Waals surface area contributed by atoms with Gasteiger partial charge in [-0.15, -0.1) is 0 Å². The molecule has 4 nitrogen and oxygen atoms in total. The summed E-state index contributed by atoms with van der Waals surface area (Å²) in [6, 6.07) is 7.59. The summed E-state index contributed by atoms with van der Waals surface area (Å²) in [5.74, 6) is 0.145. The molecule has 2 N–H and O–H groups in total. The van der Waals surface area contributed by atoms with Gasteiger partial charge < -0.3 is 15.4 Å². The lowest BCUT2D eigenvalue weighted by molar-refractivity contribution is -0.130. The normalized spacial score (nSPS) is 10.3. The molecule has 0 saturated carbocycles. The molecule has 1 rings (SSSR count). The molecule has 0 unspecified atom stereocenters. The van der Waals surface area contributed by atoms with E-state index in [9.17, 15) is 4.79 Å². The van der Waals surface area contributed by atoms with Gasteiger partial charge in [0.1, 0.15) is 0 Å². The van der Waals surface area contributed by atoms with Gasteiger partial charge in [-0.3, -0.25) is 4.79 Å². The van der Waals surface area contributed by atoms with Crippen LogP contribution in [0.3, 0.4) is 0 Å². The molecular formula is C14H22N2O2. The summed E-state index contributed by atoms with van der Waals surface area (Å²) < 4.78 is 5.21. The third-order valence-electron chi connectivity index (χ3n) is 2.71. The van der Waals surface area contributed by atoms with Crippen molar-refractivity contribution in [2.24, 2.45) is 0 Å². The van der Waals surface area contributed by atoms with Crippen molar-refractivity contribution in [1.29, 1.82) is 0 Å². The number of hydrogen-bond donors (Lipinski definition) is 1. The largest absolute Gasteiger partial charge is 0.399 e. The van der Waals surface area contributed by atoms with Crippen molar-refractivity contribution in [2.75, 3.05) is 26.0 Å². The van der Waals surface area contributed by atoms with Gasteiger partial charge in [0.2, 0.25) is 5.91 Å². The minimum atomic E-state index is 0.145. The van der Waals surface area contributed by atoms with E-state index in [0.29, 0.717) is 26.2 Å². The highest BCUT2D eigenvalue weighted by Crippen LogP contribution is 2.08. The number of ether oxygens (including phenoxy) is 1. The molecule has 0 aromatic heterocycles. The van der Waals surface area contributed by atoms with Crippen LogP contribution in [-0.4, -0.2) is 31.1 Å². The number of hydrogen-bond acceptors (Lipinski definition) is 3. The minimum absolute atomic E-state index is 0.145. The number of benzene rings is 1. The second kappa shape index (κ2) is 7.71. The molecule has 0 spiro atoms. The lowest BCUT2D eigenvalue weighted by atomic mass is 10.2. The van der Waals surface area contributed by atoms with Gasteiger partial charge >= 0.3 is 0 Å². The SMILES string of the molecule is CCOCCCC(=O)N(C)Cc1ccc(N)cc1. The molecule has 0 bridgehead atoms. The Morgan fingerprint density at radius 3 is 2.61 bits per heavy atom. The first-order valence-corrected chi connectivity index (χ1v) is 6.29. The van der Waals surface area contributed by atoms with E-state index in [1.807, 2.05) is 38.2 Å². The van der Waals surface area contributed by atoms with Gasteiger partial charge in [-0.25, -0.2) is 0 Å². The molecule has 0 heterocycles. The van der Waals surface area contributed by atoms with Crippen LogP contribution in [0.15, 0.2) is 24.3 Å². The smallest absolute Gasteiger partial charge is 0.222 e. The topological polar surface area (TPSA) is 55.6 Å². The summed E-state index contributed by atoms with van der Waals surface area (Å²) in [6.07, 6.45) is 1.31. The van der Waals surface area contributed by atoms with Crippen LogP contribution < -0.4 is 5.73 Å². The molecule has 4 heteroatoms. The van der Waals surface area contributed by atoms with E-state index in [1.54, 1.807) is 4.90 Å². The second-order valence-corrected chi connectivity index (χ2v) is 4.29. The maximum atomic E-state index is 11.8. The molecule has 1 aromatic rings. The first kappa shape index (κ1) is 14.5. The van der Waals surface area contributed by atoms with Gasteiger partial charge in [-0.05, 0) is 31.0 Å². The molecule has 0 aliphatic rings. The number of nitrogens with two attached hydrogens (primary N) is 1. The van der Waals surface area contributed by atoms with Gasteiger partial charge in [0.15, 0.2) is 0 Å². The molecule has 1 aromatic carbocycles. The van der Waals surface area contributed by atoms with Crippen LogP contribution in [0, 0.1) is 0 Å². The predicted octanol–water partition coefficient (Wildman–Crippen LogP) is 2.04. The Hall–Kier alpha value is -1.55. The third kappa shape index (κ3) is 5.19. The number of carbonyl (C=O) groups excluding carboxylic acids is 1. The van der Waals surface area contributed by atoms with Gasteiger partial charge in [-0.2, -0.15) is 0 Å². The summed E-state index contributed by atoms with van der Waals surface area (Å²) in [6.45, 7) is 3.93. The molecule has 0 radical (unpaired) electrons. The quantitative estimate of drug-likeness (QED) is 0.595. The van der Waals surface area contributed by atoms with Crippen LogP contribution in [-0.2, 0) is 16.1 Å². The molecule has 100 valence electrons. The van der Waals surface area contributed by atoms with Crippen molar-refractivity contribution in [3.63, 3.8) is 0 Å².